The van der Waals surface area contributed by atoms with Crippen molar-refractivity contribution in [3.05, 3.63) is 53.5 Å². The zero-order valence-corrected chi connectivity index (χ0v) is 16.1. The first kappa shape index (κ1) is 20.0. The fourth-order valence-corrected chi connectivity index (χ4v) is 2.99. The number of aromatic nitrogens is 3. The Bertz CT molecular complexity index is 928. The molecule has 2 aromatic heterocycles. The van der Waals surface area contributed by atoms with Gasteiger partial charge in [0.1, 0.15) is 17.5 Å². The Kier molecular flexibility index (Phi) is 6.43. The normalized spacial score (nSPS) is 12.5. The molecule has 0 aliphatic heterocycles. The van der Waals surface area contributed by atoms with E-state index in [4.69, 9.17) is 5.11 Å². The lowest BCUT2D eigenvalue weighted by atomic mass is 10.1. The highest BCUT2D eigenvalue weighted by Gasteiger charge is 2.16. The average Bonchev–Trinajstić information content (AvgIpc) is 3.11. The molecule has 0 amide bonds. The van der Waals surface area contributed by atoms with Crippen LogP contribution < -0.4 is 10.6 Å². The maximum atomic E-state index is 14.0. The second-order valence-corrected chi connectivity index (χ2v) is 7.00. The molecule has 150 valence electrons. The molecule has 3 aromatic rings. The van der Waals surface area contributed by atoms with Crippen LogP contribution in [0.1, 0.15) is 37.3 Å². The Morgan fingerprint density at radius 2 is 2.00 bits per heavy atom. The summed E-state index contributed by atoms with van der Waals surface area (Å²) in [5, 5.41) is 29.5. The molecule has 0 fully saturated rings. The van der Waals surface area contributed by atoms with E-state index in [0.29, 0.717) is 35.8 Å². The summed E-state index contributed by atoms with van der Waals surface area (Å²) in [7, 11) is 0. The molecular formula is C20H26FN5O2. The number of nitrogens with zero attached hydrogens (tertiary/aromatic N) is 3. The van der Waals surface area contributed by atoms with Gasteiger partial charge >= 0.3 is 0 Å². The van der Waals surface area contributed by atoms with Crippen LogP contribution in [0.25, 0.3) is 5.65 Å². The highest BCUT2D eigenvalue weighted by Crippen LogP contribution is 2.25. The summed E-state index contributed by atoms with van der Waals surface area (Å²) in [5.41, 5.74) is 2.23. The minimum Gasteiger partial charge on any atom is -0.396 e. The number of hydrogen-bond donors (Lipinski definition) is 4. The van der Waals surface area contributed by atoms with Gasteiger partial charge in [0.05, 0.1) is 18.8 Å². The quantitative estimate of drug-likeness (QED) is 0.451. The number of nitrogens with one attached hydrogen (secondary N) is 2. The average molecular weight is 387 g/mol. The Hall–Kier alpha value is -2.71. The van der Waals surface area contributed by atoms with Crippen molar-refractivity contribution in [3.63, 3.8) is 0 Å². The van der Waals surface area contributed by atoms with Gasteiger partial charge in [-0.15, -0.1) is 0 Å². The molecule has 4 N–H and O–H groups in total. The van der Waals surface area contributed by atoms with Crippen LogP contribution in [-0.4, -0.2) is 44.1 Å². The van der Waals surface area contributed by atoms with Gasteiger partial charge in [0, 0.05) is 30.3 Å². The first-order valence-electron chi connectivity index (χ1n) is 9.37. The van der Waals surface area contributed by atoms with E-state index in [1.54, 1.807) is 35.0 Å². The van der Waals surface area contributed by atoms with Crippen LogP contribution in [0.4, 0.5) is 16.0 Å². The second kappa shape index (κ2) is 8.99. The van der Waals surface area contributed by atoms with Gasteiger partial charge < -0.3 is 20.8 Å². The van der Waals surface area contributed by atoms with E-state index in [0.717, 1.165) is 5.56 Å². The van der Waals surface area contributed by atoms with E-state index in [9.17, 15) is 9.50 Å². The number of halogens is 1. The van der Waals surface area contributed by atoms with Crippen LogP contribution in [0.5, 0.6) is 0 Å². The molecule has 8 heteroatoms. The van der Waals surface area contributed by atoms with E-state index < -0.39 is 0 Å². The van der Waals surface area contributed by atoms with Crippen LogP contribution in [0.15, 0.2) is 36.5 Å². The first-order valence-corrected chi connectivity index (χ1v) is 9.37. The minimum atomic E-state index is -0.315. The van der Waals surface area contributed by atoms with Crippen LogP contribution in [-0.2, 0) is 6.54 Å². The molecule has 7 nitrogen and oxygen atoms in total. The van der Waals surface area contributed by atoms with Gasteiger partial charge in [0.15, 0.2) is 5.65 Å². The summed E-state index contributed by atoms with van der Waals surface area (Å²) in [6.45, 7) is 4.26. The molecule has 0 aliphatic rings. The number of fused-ring (bicyclic) bond motifs is 1. The smallest absolute Gasteiger partial charge is 0.163 e. The standard InChI is InChI=1S/C20H26FN5O2/c1-13(2)16-11-23-26-19(22-10-14-5-3-4-6-17(14)21)9-18(25-20(16)26)24-15(12-28)7-8-27/h3-6,9,11,13,15,22,27-28H,7-8,10,12H2,1-2H3,(H,24,25). The number of hydrogen-bond acceptors (Lipinski definition) is 6. The van der Waals surface area contributed by atoms with E-state index in [-0.39, 0.29) is 31.0 Å². The maximum absolute atomic E-state index is 14.0. The summed E-state index contributed by atoms with van der Waals surface area (Å²) < 4.78 is 15.7. The number of rotatable bonds is 9. The number of anilines is 2. The van der Waals surface area contributed by atoms with Gasteiger partial charge in [0.2, 0.25) is 0 Å². The topological polar surface area (TPSA) is 94.7 Å². The van der Waals surface area contributed by atoms with Crippen LogP contribution >= 0.6 is 0 Å². The van der Waals surface area contributed by atoms with Crippen LogP contribution in [0.3, 0.4) is 0 Å². The predicted octanol–water partition coefficient (Wildman–Crippen LogP) is 2.76. The fourth-order valence-electron chi connectivity index (χ4n) is 2.99. The molecule has 0 spiro atoms. The van der Waals surface area contributed by atoms with Crippen molar-refractivity contribution in [2.75, 3.05) is 23.8 Å². The fraction of sp³-hybridized carbons (Fsp3) is 0.400. The second-order valence-electron chi connectivity index (χ2n) is 7.00. The van der Waals surface area contributed by atoms with Gasteiger partial charge in [-0.25, -0.2) is 9.37 Å². The summed E-state index contributed by atoms with van der Waals surface area (Å²) in [5.74, 6) is 1.16. The Morgan fingerprint density at radius 3 is 2.68 bits per heavy atom. The summed E-state index contributed by atoms with van der Waals surface area (Å²) in [6, 6.07) is 8.06. The Balaban J connectivity index is 1.95. The van der Waals surface area contributed by atoms with Gasteiger partial charge in [0.25, 0.3) is 0 Å². The SMILES string of the molecule is CC(C)c1cnn2c(NCc3ccccc3F)cc(NC(CO)CCO)nc12. The summed E-state index contributed by atoms with van der Waals surface area (Å²) in [6.07, 6.45) is 2.18. The molecule has 1 aromatic carbocycles. The first-order chi connectivity index (χ1) is 13.5. The number of benzene rings is 1. The predicted molar refractivity (Wildman–Crippen MR) is 107 cm³/mol. The van der Waals surface area contributed by atoms with Crippen molar-refractivity contribution in [3.8, 4) is 0 Å². The van der Waals surface area contributed by atoms with Crippen molar-refractivity contribution in [1.82, 2.24) is 14.6 Å². The van der Waals surface area contributed by atoms with Crippen molar-refractivity contribution in [2.45, 2.75) is 38.8 Å². The van der Waals surface area contributed by atoms with Crippen molar-refractivity contribution in [2.24, 2.45) is 0 Å². The lowest BCUT2D eigenvalue weighted by Gasteiger charge is -2.18. The molecule has 0 saturated heterocycles. The zero-order chi connectivity index (χ0) is 20.1. The zero-order valence-electron chi connectivity index (χ0n) is 16.1. The van der Waals surface area contributed by atoms with Gasteiger partial charge in [-0.3, -0.25) is 0 Å². The summed E-state index contributed by atoms with van der Waals surface area (Å²) >= 11 is 0. The van der Waals surface area contributed by atoms with Crippen molar-refractivity contribution < 1.29 is 14.6 Å². The molecule has 1 unspecified atom stereocenters. The molecule has 28 heavy (non-hydrogen) atoms. The van der Waals surface area contributed by atoms with Crippen molar-refractivity contribution in [1.29, 1.82) is 0 Å². The Morgan fingerprint density at radius 1 is 1.21 bits per heavy atom. The van der Waals surface area contributed by atoms with E-state index in [2.05, 4.69) is 34.6 Å². The molecule has 0 bridgehead atoms. The Labute approximate surface area is 163 Å². The molecule has 0 aliphatic carbocycles. The third-order valence-electron chi connectivity index (χ3n) is 4.59. The van der Waals surface area contributed by atoms with E-state index in [1.165, 1.54) is 6.07 Å². The third kappa shape index (κ3) is 4.40. The van der Waals surface area contributed by atoms with Gasteiger partial charge in [-0.05, 0) is 18.4 Å². The van der Waals surface area contributed by atoms with Crippen LogP contribution in [0, 0.1) is 5.82 Å². The lowest BCUT2D eigenvalue weighted by Crippen LogP contribution is -2.25. The number of aliphatic hydroxyl groups excluding tert-OH is 2. The molecule has 1 atom stereocenters. The monoisotopic (exact) mass is 387 g/mol. The molecule has 0 radical (unpaired) electrons. The van der Waals surface area contributed by atoms with Gasteiger partial charge in [-0.2, -0.15) is 9.61 Å². The summed E-state index contributed by atoms with van der Waals surface area (Å²) in [4.78, 5) is 4.64. The van der Waals surface area contributed by atoms with Crippen LogP contribution in [0.2, 0.25) is 0 Å². The largest absolute Gasteiger partial charge is 0.396 e. The maximum Gasteiger partial charge on any atom is 0.163 e. The van der Waals surface area contributed by atoms with Crippen molar-refractivity contribution >= 4 is 17.3 Å². The molecule has 0 saturated carbocycles. The number of aliphatic hydroxyl groups is 2. The minimum absolute atomic E-state index is 0.0389. The van der Waals surface area contributed by atoms with E-state index >= 15 is 0 Å². The molecular weight excluding hydrogens is 361 g/mol. The lowest BCUT2D eigenvalue weighted by molar-refractivity contribution is 0.228. The molecule has 2 heterocycles. The third-order valence-corrected chi connectivity index (χ3v) is 4.59. The highest BCUT2D eigenvalue weighted by atomic mass is 19.1. The molecule has 3 rings (SSSR count). The van der Waals surface area contributed by atoms with E-state index in [1.807, 2.05) is 0 Å². The van der Waals surface area contributed by atoms with Gasteiger partial charge in [-0.1, -0.05) is 32.0 Å². The highest BCUT2D eigenvalue weighted by molar-refractivity contribution is 5.61.